The number of carbonyl (C=O) groups is 1. The Bertz CT molecular complexity index is 805. The Labute approximate surface area is 176 Å². The van der Waals surface area contributed by atoms with Crippen molar-refractivity contribution in [2.24, 2.45) is 5.16 Å². The maximum Gasteiger partial charge on any atom is 0.260 e. The second-order valence-corrected chi connectivity index (χ2v) is 6.85. The highest BCUT2D eigenvalue weighted by atomic mass is 35.5. The lowest BCUT2D eigenvalue weighted by Gasteiger charge is -2.13. The van der Waals surface area contributed by atoms with Crippen molar-refractivity contribution < 1.29 is 19.1 Å². The molecule has 2 aromatic rings. The van der Waals surface area contributed by atoms with E-state index in [0.717, 1.165) is 24.0 Å². The van der Waals surface area contributed by atoms with E-state index >= 15 is 0 Å². The molecule has 0 heterocycles. The molecule has 0 aliphatic carbocycles. The van der Waals surface area contributed by atoms with Crippen LogP contribution in [-0.2, 0) is 16.2 Å². The smallest absolute Gasteiger partial charge is 0.260 e. The standard InChI is InChI=1S/C22H27ClN2O4/c1-4-19(5-2)25-22(26)15-29-24-13-17-8-11-20(21(12-17)27-3)28-14-16-6-9-18(23)10-7-16/h6-13,19H,4-5,14-15H2,1-3H3,(H,25,26)/b24-13+. The van der Waals surface area contributed by atoms with Crippen LogP contribution in [-0.4, -0.2) is 31.9 Å². The summed E-state index contributed by atoms with van der Waals surface area (Å²) >= 11 is 5.89. The fourth-order valence-corrected chi connectivity index (χ4v) is 2.71. The van der Waals surface area contributed by atoms with Gasteiger partial charge in [0.15, 0.2) is 18.1 Å². The van der Waals surface area contributed by atoms with Gasteiger partial charge in [0.2, 0.25) is 0 Å². The number of hydrogen-bond acceptors (Lipinski definition) is 5. The molecule has 0 spiro atoms. The zero-order valence-electron chi connectivity index (χ0n) is 17.0. The Morgan fingerprint density at radius 3 is 2.52 bits per heavy atom. The molecule has 0 unspecified atom stereocenters. The van der Waals surface area contributed by atoms with E-state index in [2.05, 4.69) is 10.5 Å². The molecule has 29 heavy (non-hydrogen) atoms. The molecule has 6 nitrogen and oxygen atoms in total. The summed E-state index contributed by atoms with van der Waals surface area (Å²) in [5, 5.41) is 7.43. The molecule has 0 fully saturated rings. The molecule has 2 aromatic carbocycles. The summed E-state index contributed by atoms with van der Waals surface area (Å²) in [7, 11) is 1.57. The minimum absolute atomic E-state index is 0.119. The topological polar surface area (TPSA) is 69.2 Å². The van der Waals surface area contributed by atoms with E-state index < -0.39 is 0 Å². The van der Waals surface area contributed by atoms with E-state index in [1.54, 1.807) is 19.2 Å². The van der Waals surface area contributed by atoms with Crippen LogP contribution in [0.1, 0.15) is 37.8 Å². The number of rotatable bonds is 11. The highest BCUT2D eigenvalue weighted by Crippen LogP contribution is 2.28. The van der Waals surface area contributed by atoms with Crippen molar-refractivity contribution >= 4 is 23.7 Å². The van der Waals surface area contributed by atoms with Gasteiger partial charge in [-0.3, -0.25) is 4.79 Å². The molecule has 1 N–H and O–H groups in total. The summed E-state index contributed by atoms with van der Waals surface area (Å²) in [5.41, 5.74) is 1.77. The van der Waals surface area contributed by atoms with E-state index in [1.807, 2.05) is 44.2 Å². The molecule has 0 radical (unpaired) electrons. The van der Waals surface area contributed by atoms with Gasteiger partial charge in [0.25, 0.3) is 5.91 Å². The molecular weight excluding hydrogens is 392 g/mol. The highest BCUT2D eigenvalue weighted by Gasteiger charge is 2.08. The number of oxime groups is 1. The maximum absolute atomic E-state index is 11.8. The number of hydrogen-bond donors (Lipinski definition) is 1. The Kier molecular flexibility index (Phi) is 9.31. The molecule has 156 valence electrons. The summed E-state index contributed by atoms with van der Waals surface area (Å²) in [4.78, 5) is 16.9. The number of nitrogens with zero attached hydrogens (tertiary/aromatic N) is 1. The van der Waals surface area contributed by atoms with Crippen LogP contribution in [0, 0.1) is 0 Å². The largest absolute Gasteiger partial charge is 0.493 e. The number of carbonyl (C=O) groups excluding carboxylic acids is 1. The number of halogens is 1. The van der Waals surface area contributed by atoms with Gasteiger partial charge in [-0.25, -0.2) is 0 Å². The van der Waals surface area contributed by atoms with E-state index in [0.29, 0.717) is 23.1 Å². The zero-order valence-corrected chi connectivity index (χ0v) is 17.7. The number of nitrogens with one attached hydrogen (secondary N) is 1. The normalized spacial score (nSPS) is 10.9. The van der Waals surface area contributed by atoms with Crippen LogP contribution in [0.5, 0.6) is 11.5 Å². The lowest BCUT2D eigenvalue weighted by Crippen LogP contribution is -2.36. The monoisotopic (exact) mass is 418 g/mol. The first-order valence-electron chi connectivity index (χ1n) is 9.55. The van der Waals surface area contributed by atoms with Gasteiger partial charge < -0.3 is 19.6 Å². The quantitative estimate of drug-likeness (QED) is 0.428. The molecule has 0 aromatic heterocycles. The van der Waals surface area contributed by atoms with Gasteiger partial charge >= 0.3 is 0 Å². The predicted octanol–water partition coefficient (Wildman–Crippen LogP) is 4.58. The van der Waals surface area contributed by atoms with Gasteiger partial charge in [-0.2, -0.15) is 0 Å². The van der Waals surface area contributed by atoms with Crippen LogP contribution in [0.3, 0.4) is 0 Å². The van der Waals surface area contributed by atoms with Gasteiger partial charge in [-0.15, -0.1) is 0 Å². The SMILES string of the molecule is CCC(CC)NC(=O)CO/N=C/c1ccc(OCc2ccc(Cl)cc2)c(OC)c1. The molecular formula is C22H27ClN2O4. The van der Waals surface area contributed by atoms with Gasteiger partial charge in [0.05, 0.1) is 13.3 Å². The van der Waals surface area contributed by atoms with Gasteiger partial charge in [0, 0.05) is 16.6 Å². The first-order chi connectivity index (χ1) is 14.0. The van der Waals surface area contributed by atoms with Crippen molar-refractivity contribution in [3.8, 4) is 11.5 Å². The van der Waals surface area contributed by atoms with Crippen molar-refractivity contribution in [1.82, 2.24) is 5.32 Å². The molecule has 0 aliphatic rings. The van der Waals surface area contributed by atoms with E-state index in [9.17, 15) is 4.79 Å². The van der Waals surface area contributed by atoms with E-state index in [-0.39, 0.29) is 18.6 Å². The number of ether oxygens (including phenoxy) is 2. The number of amides is 1. The van der Waals surface area contributed by atoms with Crippen LogP contribution in [0.2, 0.25) is 5.02 Å². The Hall–Kier alpha value is -2.73. The minimum Gasteiger partial charge on any atom is -0.493 e. The van der Waals surface area contributed by atoms with Crippen LogP contribution >= 0.6 is 11.6 Å². The fraction of sp³-hybridized carbons (Fsp3) is 0.364. The van der Waals surface area contributed by atoms with Crippen LogP contribution < -0.4 is 14.8 Å². The first-order valence-corrected chi connectivity index (χ1v) is 9.93. The van der Waals surface area contributed by atoms with Crippen LogP contribution in [0.25, 0.3) is 0 Å². The first kappa shape index (κ1) is 22.6. The number of benzene rings is 2. The summed E-state index contributed by atoms with van der Waals surface area (Å²) in [6.45, 7) is 4.34. The van der Waals surface area contributed by atoms with Gasteiger partial charge in [-0.1, -0.05) is 42.7 Å². The van der Waals surface area contributed by atoms with Gasteiger partial charge in [-0.05, 0) is 48.7 Å². The van der Waals surface area contributed by atoms with Gasteiger partial charge in [0.1, 0.15) is 6.61 Å². The van der Waals surface area contributed by atoms with E-state index in [4.69, 9.17) is 25.9 Å². The number of methoxy groups -OCH3 is 1. The van der Waals surface area contributed by atoms with Crippen molar-refractivity contribution in [2.45, 2.75) is 39.3 Å². The van der Waals surface area contributed by atoms with Crippen molar-refractivity contribution in [3.05, 3.63) is 58.6 Å². The zero-order chi connectivity index (χ0) is 21.1. The predicted molar refractivity (Wildman–Crippen MR) is 115 cm³/mol. The molecule has 0 aliphatic heterocycles. The molecule has 0 bridgehead atoms. The lowest BCUT2D eigenvalue weighted by atomic mass is 10.2. The Morgan fingerprint density at radius 2 is 1.86 bits per heavy atom. The van der Waals surface area contributed by atoms with Crippen LogP contribution in [0.4, 0.5) is 0 Å². The molecule has 2 rings (SSSR count). The average molecular weight is 419 g/mol. The summed E-state index contributed by atoms with van der Waals surface area (Å²) in [6, 6.07) is 13.0. The average Bonchev–Trinajstić information content (AvgIpc) is 2.75. The fourth-order valence-electron chi connectivity index (χ4n) is 2.58. The van der Waals surface area contributed by atoms with Crippen molar-refractivity contribution in [3.63, 3.8) is 0 Å². The lowest BCUT2D eigenvalue weighted by molar-refractivity contribution is -0.126. The molecule has 0 saturated carbocycles. The Morgan fingerprint density at radius 1 is 1.14 bits per heavy atom. The summed E-state index contributed by atoms with van der Waals surface area (Å²) in [5.74, 6) is 1.01. The third-order valence-electron chi connectivity index (χ3n) is 4.32. The third-order valence-corrected chi connectivity index (χ3v) is 4.57. The van der Waals surface area contributed by atoms with E-state index in [1.165, 1.54) is 6.21 Å². The Balaban J connectivity index is 1.88. The van der Waals surface area contributed by atoms with Crippen LogP contribution in [0.15, 0.2) is 47.6 Å². The minimum atomic E-state index is -0.181. The van der Waals surface area contributed by atoms with Crippen molar-refractivity contribution in [1.29, 1.82) is 0 Å². The molecule has 0 saturated heterocycles. The maximum atomic E-state index is 11.8. The highest BCUT2D eigenvalue weighted by molar-refractivity contribution is 6.30. The summed E-state index contributed by atoms with van der Waals surface area (Å²) in [6.07, 6.45) is 3.30. The molecule has 7 heteroatoms. The molecule has 1 amide bonds. The van der Waals surface area contributed by atoms with Crippen molar-refractivity contribution in [2.75, 3.05) is 13.7 Å². The second kappa shape index (κ2) is 12.0. The molecule has 0 atom stereocenters. The second-order valence-electron chi connectivity index (χ2n) is 6.41. The third kappa shape index (κ3) is 7.66. The summed E-state index contributed by atoms with van der Waals surface area (Å²) < 4.78 is 11.2.